The largest absolute Gasteiger partial charge is 0.423 e. The van der Waals surface area contributed by atoms with Crippen molar-refractivity contribution in [3.8, 4) is 0 Å². The first-order chi connectivity index (χ1) is 5.04. The molecule has 0 spiro atoms. The molecular formula is C7H11ClN2O. The molecule has 0 radical (unpaired) electrons. The highest BCUT2D eigenvalue weighted by atomic mass is 35.5. The van der Waals surface area contributed by atoms with Crippen LogP contribution in [0, 0.1) is 0 Å². The van der Waals surface area contributed by atoms with Crippen LogP contribution in [-0.2, 0) is 11.3 Å². The van der Waals surface area contributed by atoms with Gasteiger partial charge in [0.1, 0.15) is 5.88 Å². The molecule has 4 heteroatoms. The van der Waals surface area contributed by atoms with Gasteiger partial charge in [-0.3, -0.25) is 0 Å². The van der Waals surface area contributed by atoms with Crippen LogP contribution in [0.4, 0.5) is 0 Å². The first kappa shape index (κ1) is 8.53. The van der Waals surface area contributed by atoms with E-state index >= 15 is 0 Å². The Kier molecular flexibility index (Phi) is 2.18. The average molecular weight is 175 g/mol. The van der Waals surface area contributed by atoms with Crippen molar-refractivity contribution in [1.82, 2.24) is 10.2 Å². The maximum absolute atomic E-state index is 5.49. The maximum atomic E-state index is 5.49. The van der Waals surface area contributed by atoms with Crippen LogP contribution in [0.5, 0.6) is 0 Å². The van der Waals surface area contributed by atoms with Gasteiger partial charge in [0, 0.05) is 5.41 Å². The van der Waals surface area contributed by atoms with E-state index in [1.54, 1.807) is 0 Å². The Balaban J connectivity index is 2.89. The lowest BCUT2D eigenvalue weighted by Gasteiger charge is -2.10. The van der Waals surface area contributed by atoms with E-state index in [4.69, 9.17) is 16.0 Å². The molecule has 0 N–H and O–H groups in total. The normalized spacial score (nSPS) is 12.0. The highest BCUT2D eigenvalue weighted by molar-refractivity contribution is 6.16. The Bertz CT molecular complexity index is 239. The molecule has 0 aliphatic rings. The van der Waals surface area contributed by atoms with Crippen LogP contribution >= 0.6 is 11.6 Å². The molecule has 3 nitrogen and oxygen atoms in total. The van der Waals surface area contributed by atoms with Crippen molar-refractivity contribution in [3.05, 3.63) is 11.8 Å². The third-order valence-corrected chi connectivity index (χ3v) is 1.45. The van der Waals surface area contributed by atoms with Gasteiger partial charge in [0.25, 0.3) is 0 Å². The van der Waals surface area contributed by atoms with Crippen molar-refractivity contribution < 1.29 is 4.42 Å². The summed E-state index contributed by atoms with van der Waals surface area (Å²) in [5.41, 5.74) is -0.0860. The molecule has 0 bridgehead atoms. The van der Waals surface area contributed by atoms with E-state index in [0.717, 1.165) is 0 Å². The second kappa shape index (κ2) is 2.81. The molecule has 1 aromatic rings. The fourth-order valence-electron chi connectivity index (χ4n) is 0.611. The minimum Gasteiger partial charge on any atom is -0.423 e. The molecule has 0 aromatic carbocycles. The Labute approximate surface area is 70.8 Å². The molecular weight excluding hydrogens is 164 g/mol. The number of hydrogen-bond acceptors (Lipinski definition) is 3. The summed E-state index contributed by atoms with van der Waals surface area (Å²) in [5.74, 6) is 1.40. The Morgan fingerprint density at radius 3 is 2.27 bits per heavy atom. The van der Waals surface area contributed by atoms with Crippen LogP contribution in [-0.4, -0.2) is 10.2 Å². The zero-order valence-electron chi connectivity index (χ0n) is 6.89. The molecule has 0 saturated heterocycles. The van der Waals surface area contributed by atoms with Crippen molar-refractivity contribution in [3.63, 3.8) is 0 Å². The molecule has 0 atom stereocenters. The zero-order valence-corrected chi connectivity index (χ0v) is 7.64. The quantitative estimate of drug-likeness (QED) is 0.613. The van der Waals surface area contributed by atoms with Gasteiger partial charge in [-0.1, -0.05) is 20.8 Å². The molecule has 0 aliphatic heterocycles. The van der Waals surface area contributed by atoms with Crippen molar-refractivity contribution in [2.75, 3.05) is 0 Å². The lowest BCUT2D eigenvalue weighted by molar-refractivity contribution is 0.378. The molecule has 1 aromatic heterocycles. The summed E-state index contributed by atoms with van der Waals surface area (Å²) in [5, 5.41) is 7.61. The zero-order chi connectivity index (χ0) is 8.48. The number of alkyl halides is 1. The van der Waals surface area contributed by atoms with Gasteiger partial charge in [-0.05, 0) is 0 Å². The summed E-state index contributed by atoms with van der Waals surface area (Å²) in [6.45, 7) is 6.04. The lowest BCUT2D eigenvalue weighted by atomic mass is 9.97. The van der Waals surface area contributed by atoms with Crippen LogP contribution in [0.1, 0.15) is 32.6 Å². The Morgan fingerprint density at radius 1 is 1.36 bits per heavy atom. The second-order valence-electron chi connectivity index (χ2n) is 3.38. The number of halogens is 1. The van der Waals surface area contributed by atoms with Gasteiger partial charge >= 0.3 is 0 Å². The highest BCUT2D eigenvalue weighted by Crippen LogP contribution is 2.20. The molecule has 0 amide bonds. The minimum absolute atomic E-state index is 0.0860. The Morgan fingerprint density at radius 2 is 2.00 bits per heavy atom. The van der Waals surface area contributed by atoms with Crippen LogP contribution in [0.25, 0.3) is 0 Å². The van der Waals surface area contributed by atoms with Crippen LogP contribution in [0.3, 0.4) is 0 Å². The first-order valence-corrected chi connectivity index (χ1v) is 3.96. The topological polar surface area (TPSA) is 38.9 Å². The van der Waals surface area contributed by atoms with E-state index in [0.29, 0.717) is 11.8 Å². The monoisotopic (exact) mass is 174 g/mol. The van der Waals surface area contributed by atoms with Crippen LogP contribution < -0.4 is 0 Å². The van der Waals surface area contributed by atoms with E-state index in [1.165, 1.54) is 0 Å². The molecule has 0 fully saturated rings. The highest BCUT2D eigenvalue weighted by Gasteiger charge is 2.20. The number of nitrogens with zero attached hydrogens (tertiary/aromatic N) is 2. The maximum Gasteiger partial charge on any atom is 0.231 e. The molecule has 62 valence electrons. The van der Waals surface area contributed by atoms with Gasteiger partial charge in [0.15, 0.2) is 0 Å². The van der Waals surface area contributed by atoms with Gasteiger partial charge in [-0.2, -0.15) is 0 Å². The Hall–Kier alpha value is -0.570. The predicted octanol–water partition coefficient (Wildman–Crippen LogP) is 2.11. The molecule has 0 aliphatic carbocycles. The number of aromatic nitrogens is 2. The predicted molar refractivity (Wildman–Crippen MR) is 42.6 cm³/mol. The minimum atomic E-state index is -0.0860. The summed E-state index contributed by atoms with van der Waals surface area (Å²) < 4.78 is 5.24. The summed E-state index contributed by atoms with van der Waals surface area (Å²) in [7, 11) is 0. The molecule has 1 heterocycles. The third kappa shape index (κ3) is 1.93. The van der Waals surface area contributed by atoms with E-state index < -0.39 is 0 Å². The standard InChI is InChI=1S/C7H11ClN2O/c1-7(2,3)6-10-9-5(4-8)11-6/h4H2,1-3H3. The first-order valence-electron chi connectivity index (χ1n) is 3.43. The summed E-state index contributed by atoms with van der Waals surface area (Å²) in [4.78, 5) is 0. The molecule has 11 heavy (non-hydrogen) atoms. The third-order valence-electron chi connectivity index (χ3n) is 1.22. The lowest BCUT2D eigenvalue weighted by Crippen LogP contribution is -2.11. The SMILES string of the molecule is CC(C)(C)c1nnc(CCl)o1. The fourth-order valence-corrected chi connectivity index (χ4v) is 0.719. The van der Waals surface area contributed by atoms with Gasteiger partial charge in [0.2, 0.25) is 11.8 Å². The summed E-state index contributed by atoms with van der Waals surface area (Å²) in [6.07, 6.45) is 0. The molecule has 0 saturated carbocycles. The number of rotatable bonds is 1. The summed E-state index contributed by atoms with van der Waals surface area (Å²) in [6, 6.07) is 0. The van der Waals surface area contributed by atoms with Crippen LogP contribution in [0.15, 0.2) is 4.42 Å². The average Bonchev–Trinajstić information content (AvgIpc) is 2.32. The molecule has 1 rings (SSSR count). The van der Waals surface area contributed by atoms with Gasteiger partial charge in [-0.15, -0.1) is 21.8 Å². The van der Waals surface area contributed by atoms with Crippen molar-refractivity contribution >= 4 is 11.6 Å². The summed E-state index contributed by atoms with van der Waals surface area (Å²) >= 11 is 5.49. The van der Waals surface area contributed by atoms with Gasteiger partial charge in [0.05, 0.1) is 0 Å². The molecule has 0 unspecified atom stereocenters. The second-order valence-corrected chi connectivity index (χ2v) is 3.65. The smallest absolute Gasteiger partial charge is 0.231 e. The number of hydrogen-bond donors (Lipinski definition) is 0. The fraction of sp³-hybridized carbons (Fsp3) is 0.714. The van der Waals surface area contributed by atoms with Crippen LogP contribution in [0.2, 0.25) is 0 Å². The van der Waals surface area contributed by atoms with E-state index in [9.17, 15) is 0 Å². The van der Waals surface area contributed by atoms with Crippen molar-refractivity contribution in [2.45, 2.75) is 32.1 Å². The van der Waals surface area contributed by atoms with Crippen molar-refractivity contribution in [2.24, 2.45) is 0 Å². The van der Waals surface area contributed by atoms with Crippen molar-refractivity contribution in [1.29, 1.82) is 0 Å². The van der Waals surface area contributed by atoms with E-state index in [2.05, 4.69) is 10.2 Å². The van der Waals surface area contributed by atoms with E-state index in [1.807, 2.05) is 20.8 Å². The van der Waals surface area contributed by atoms with Gasteiger partial charge < -0.3 is 4.42 Å². The van der Waals surface area contributed by atoms with Gasteiger partial charge in [-0.25, -0.2) is 0 Å². The van der Waals surface area contributed by atoms with E-state index in [-0.39, 0.29) is 11.3 Å².